The molecular weight excluding hydrogens is 320 g/mol. The summed E-state index contributed by atoms with van der Waals surface area (Å²) < 4.78 is 0. The topological polar surface area (TPSA) is 67.8 Å². The van der Waals surface area contributed by atoms with Gasteiger partial charge in [0.25, 0.3) is 5.91 Å². The van der Waals surface area contributed by atoms with E-state index in [1.807, 2.05) is 5.38 Å². The first kappa shape index (κ1) is 17.0. The third-order valence-corrected chi connectivity index (χ3v) is 5.23. The summed E-state index contributed by atoms with van der Waals surface area (Å²) in [5.41, 5.74) is 4.16. The number of aryl methyl sites for hydroxylation is 3. The molecule has 0 unspecified atom stereocenters. The molecule has 128 valence electrons. The number of hydrogen-bond acceptors (Lipinski definition) is 5. The highest BCUT2D eigenvalue weighted by molar-refractivity contribution is 7.09. The molecule has 0 aliphatic heterocycles. The van der Waals surface area contributed by atoms with Crippen molar-refractivity contribution in [1.29, 1.82) is 0 Å². The summed E-state index contributed by atoms with van der Waals surface area (Å²) in [6, 6.07) is 0. The van der Waals surface area contributed by atoms with Gasteiger partial charge >= 0.3 is 0 Å². The van der Waals surface area contributed by atoms with Crippen LogP contribution in [0.3, 0.4) is 0 Å². The third-order valence-electron chi connectivity index (χ3n) is 4.32. The number of carbonyl (C=O) groups is 1. The molecular formula is C18H24N4OS. The molecule has 0 radical (unpaired) electrons. The second kappa shape index (κ2) is 7.83. The molecule has 5 nitrogen and oxygen atoms in total. The summed E-state index contributed by atoms with van der Waals surface area (Å²) in [5.74, 6) is 0.724. The highest BCUT2D eigenvalue weighted by Gasteiger charge is 2.16. The van der Waals surface area contributed by atoms with Crippen LogP contribution in [0, 0.1) is 6.92 Å². The average molecular weight is 344 g/mol. The van der Waals surface area contributed by atoms with Crippen molar-refractivity contribution in [3.8, 4) is 0 Å². The Morgan fingerprint density at radius 3 is 2.88 bits per heavy atom. The summed E-state index contributed by atoms with van der Waals surface area (Å²) in [6.07, 6.45) is 7.23. The molecule has 1 amide bonds. The Bertz CT molecular complexity index is 726. The summed E-state index contributed by atoms with van der Waals surface area (Å²) in [7, 11) is 0. The number of nitrogens with one attached hydrogen (secondary N) is 1. The molecule has 3 rings (SSSR count). The van der Waals surface area contributed by atoms with E-state index in [2.05, 4.69) is 29.1 Å². The molecule has 2 heterocycles. The molecule has 1 aliphatic rings. The van der Waals surface area contributed by atoms with Gasteiger partial charge in [-0.1, -0.05) is 6.92 Å². The number of nitrogens with zero attached hydrogens (tertiary/aromatic N) is 3. The van der Waals surface area contributed by atoms with Gasteiger partial charge in [-0.3, -0.25) is 4.79 Å². The standard InChI is InChI=1S/C18H24N4OS/c1-3-6-17-22-15(11-24-17)18(23)19-10-9-16-20-12(2)13-7-4-5-8-14(13)21-16/h11H,3-10H2,1-2H3,(H,19,23). The van der Waals surface area contributed by atoms with Crippen LogP contribution in [0.2, 0.25) is 0 Å². The van der Waals surface area contributed by atoms with E-state index in [0.717, 1.165) is 42.2 Å². The van der Waals surface area contributed by atoms with Crippen LogP contribution in [-0.4, -0.2) is 27.4 Å². The lowest BCUT2D eigenvalue weighted by Crippen LogP contribution is -2.27. The van der Waals surface area contributed by atoms with Crippen LogP contribution in [0.4, 0.5) is 0 Å². The first-order valence-corrected chi connectivity index (χ1v) is 9.63. The van der Waals surface area contributed by atoms with Crippen LogP contribution in [0.25, 0.3) is 0 Å². The number of rotatable bonds is 6. The highest BCUT2D eigenvalue weighted by atomic mass is 32.1. The van der Waals surface area contributed by atoms with Gasteiger partial charge in [-0.15, -0.1) is 11.3 Å². The van der Waals surface area contributed by atoms with Crippen molar-refractivity contribution in [2.75, 3.05) is 6.54 Å². The first-order chi connectivity index (χ1) is 11.7. The summed E-state index contributed by atoms with van der Waals surface area (Å²) in [4.78, 5) is 25.8. The van der Waals surface area contributed by atoms with Crippen molar-refractivity contribution in [2.45, 2.75) is 58.8 Å². The molecule has 0 spiro atoms. The van der Waals surface area contributed by atoms with Crippen molar-refractivity contribution in [3.05, 3.63) is 38.9 Å². The minimum atomic E-state index is -0.108. The minimum Gasteiger partial charge on any atom is -0.350 e. The smallest absolute Gasteiger partial charge is 0.270 e. The van der Waals surface area contributed by atoms with Crippen molar-refractivity contribution >= 4 is 17.2 Å². The Labute approximate surface area is 147 Å². The number of hydrogen-bond donors (Lipinski definition) is 1. The maximum Gasteiger partial charge on any atom is 0.270 e. The minimum absolute atomic E-state index is 0.108. The van der Waals surface area contributed by atoms with Gasteiger partial charge in [0.15, 0.2) is 0 Å². The van der Waals surface area contributed by atoms with Crippen molar-refractivity contribution in [1.82, 2.24) is 20.3 Å². The second-order valence-electron chi connectivity index (χ2n) is 6.24. The SMILES string of the molecule is CCCc1nc(C(=O)NCCc2nc(C)c3c(n2)CCCC3)cs1. The van der Waals surface area contributed by atoms with E-state index in [1.54, 1.807) is 11.3 Å². The van der Waals surface area contributed by atoms with Gasteiger partial charge in [0.05, 0.1) is 5.01 Å². The van der Waals surface area contributed by atoms with E-state index < -0.39 is 0 Å². The Kier molecular flexibility index (Phi) is 5.56. The van der Waals surface area contributed by atoms with Crippen molar-refractivity contribution in [3.63, 3.8) is 0 Å². The quantitative estimate of drug-likeness (QED) is 0.874. The summed E-state index contributed by atoms with van der Waals surface area (Å²) in [5, 5.41) is 5.79. The molecule has 0 fully saturated rings. The number of thiazole rings is 1. The fraction of sp³-hybridized carbons (Fsp3) is 0.556. The zero-order valence-electron chi connectivity index (χ0n) is 14.4. The molecule has 0 aromatic carbocycles. The largest absolute Gasteiger partial charge is 0.350 e. The highest BCUT2D eigenvalue weighted by Crippen LogP contribution is 2.21. The molecule has 6 heteroatoms. The summed E-state index contributed by atoms with van der Waals surface area (Å²) >= 11 is 1.55. The van der Waals surface area contributed by atoms with Gasteiger partial charge in [-0.25, -0.2) is 15.0 Å². The van der Waals surface area contributed by atoms with Gasteiger partial charge in [0.2, 0.25) is 0 Å². The van der Waals surface area contributed by atoms with Crippen LogP contribution >= 0.6 is 11.3 Å². The van der Waals surface area contributed by atoms with Crippen molar-refractivity contribution in [2.24, 2.45) is 0 Å². The normalized spacial score (nSPS) is 13.6. The lowest BCUT2D eigenvalue weighted by Gasteiger charge is -2.17. The monoisotopic (exact) mass is 344 g/mol. The maximum atomic E-state index is 12.1. The fourth-order valence-electron chi connectivity index (χ4n) is 3.08. The molecule has 1 N–H and O–H groups in total. The molecule has 0 bridgehead atoms. The zero-order valence-corrected chi connectivity index (χ0v) is 15.2. The van der Waals surface area contributed by atoms with Gasteiger partial charge in [0, 0.05) is 29.7 Å². The molecule has 0 saturated carbocycles. The lowest BCUT2D eigenvalue weighted by atomic mass is 9.95. The van der Waals surface area contributed by atoms with Crippen LogP contribution < -0.4 is 5.32 Å². The molecule has 1 aliphatic carbocycles. The van der Waals surface area contributed by atoms with E-state index in [1.165, 1.54) is 24.1 Å². The molecule has 2 aromatic rings. The predicted octanol–water partition coefficient (Wildman–Crippen LogP) is 3.05. The molecule has 0 saturated heterocycles. The number of carbonyl (C=O) groups excluding carboxylic acids is 1. The lowest BCUT2D eigenvalue weighted by molar-refractivity contribution is 0.0949. The van der Waals surface area contributed by atoms with Crippen molar-refractivity contribution < 1.29 is 4.79 Å². The van der Waals surface area contributed by atoms with Gasteiger partial charge < -0.3 is 5.32 Å². The predicted molar refractivity (Wildman–Crippen MR) is 95.6 cm³/mol. The number of amides is 1. The Morgan fingerprint density at radius 1 is 1.21 bits per heavy atom. The van der Waals surface area contributed by atoms with Gasteiger partial charge in [-0.2, -0.15) is 0 Å². The maximum absolute atomic E-state index is 12.1. The fourth-order valence-corrected chi connectivity index (χ4v) is 3.96. The Hall–Kier alpha value is -1.82. The van der Waals surface area contributed by atoms with Crippen LogP contribution in [0.1, 0.15) is 64.5 Å². The Morgan fingerprint density at radius 2 is 2.04 bits per heavy atom. The van der Waals surface area contributed by atoms with E-state index in [4.69, 9.17) is 4.98 Å². The van der Waals surface area contributed by atoms with Gasteiger partial charge in [-0.05, 0) is 51.0 Å². The van der Waals surface area contributed by atoms with E-state index >= 15 is 0 Å². The number of aromatic nitrogens is 3. The third kappa shape index (κ3) is 3.98. The Balaban J connectivity index is 1.56. The number of fused-ring (bicyclic) bond motifs is 1. The second-order valence-corrected chi connectivity index (χ2v) is 7.18. The van der Waals surface area contributed by atoms with Crippen LogP contribution in [-0.2, 0) is 25.7 Å². The van der Waals surface area contributed by atoms with Crippen LogP contribution in [0.15, 0.2) is 5.38 Å². The molecule has 0 atom stereocenters. The van der Waals surface area contributed by atoms with E-state index in [9.17, 15) is 4.79 Å². The van der Waals surface area contributed by atoms with E-state index in [0.29, 0.717) is 18.7 Å². The average Bonchev–Trinajstić information content (AvgIpc) is 3.04. The summed E-state index contributed by atoms with van der Waals surface area (Å²) in [6.45, 7) is 4.72. The zero-order chi connectivity index (χ0) is 16.9. The molecule has 24 heavy (non-hydrogen) atoms. The molecule has 2 aromatic heterocycles. The van der Waals surface area contributed by atoms with Gasteiger partial charge in [0.1, 0.15) is 11.5 Å². The first-order valence-electron chi connectivity index (χ1n) is 8.75. The van der Waals surface area contributed by atoms with Crippen LogP contribution in [0.5, 0.6) is 0 Å². The van der Waals surface area contributed by atoms with E-state index in [-0.39, 0.29) is 5.91 Å².